The Morgan fingerprint density at radius 3 is 2.00 bits per heavy atom. The van der Waals surface area contributed by atoms with Gasteiger partial charge in [0.15, 0.2) is 0 Å². The molecule has 0 spiro atoms. The Labute approximate surface area is 145 Å². The van der Waals surface area contributed by atoms with Gasteiger partial charge in [-0.15, -0.1) is 0 Å². The molecule has 138 valence electrons. The molecule has 0 bridgehead atoms. The van der Waals surface area contributed by atoms with Gasteiger partial charge in [-0.3, -0.25) is 0 Å². The van der Waals surface area contributed by atoms with E-state index in [1.807, 2.05) is 25.9 Å². The van der Waals surface area contributed by atoms with Crippen LogP contribution in [0.1, 0.15) is 12.5 Å². The van der Waals surface area contributed by atoms with Gasteiger partial charge in [-0.05, 0) is 38.2 Å². The van der Waals surface area contributed by atoms with Crippen molar-refractivity contribution in [2.75, 3.05) is 46.5 Å². The van der Waals surface area contributed by atoms with E-state index in [0.717, 1.165) is 18.2 Å². The van der Waals surface area contributed by atoms with Gasteiger partial charge in [0.25, 0.3) is 0 Å². The Morgan fingerprint density at radius 2 is 1.54 bits per heavy atom. The SMILES string of the molecule is CCc1ccc(S(=O)(=O)NCCN(CCN(C)C)S(C)(=O)=O)cc1. The minimum atomic E-state index is -3.64. The highest BCUT2D eigenvalue weighted by molar-refractivity contribution is 7.89. The Kier molecular flexibility index (Phi) is 7.81. The van der Waals surface area contributed by atoms with Gasteiger partial charge >= 0.3 is 0 Å². The van der Waals surface area contributed by atoms with Crippen LogP contribution in [-0.2, 0) is 26.5 Å². The second kappa shape index (κ2) is 8.91. The average Bonchev–Trinajstić information content (AvgIpc) is 2.49. The van der Waals surface area contributed by atoms with Gasteiger partial charge in [-0.2, -0.15) is 4.31 Å². The van der Waals surface area contributed by atoms with E-state index < -0.39 is 20.0 Å². The van der Waals surface area contributed by atoms with Crippen molar-refractivity contribution in [2.45, 2.75) is 18.2 Å². The van der Waals surface area contributed by atoms with Gasteiger partial charge < -0.3 is 4.90 Å². The van der Waals surface area contributed by atoms with E-state index in [1.165, 1.54) is 4.31 Å². The van der Waals surface area contributed by atoms with Gasteiger partial charge in [0.2, 0.25) is 20.0 Å². The molecule has 7 nitrogen and oxygen atoms in total. The third-order valence-corrected chi connectivity index (χ3v) is 6.34. The zero-order valence-electron chi connectivity index (χ0n) is 14.7. The number of rotatable bonds is 10. The molecule has 0 unspecified atom stereocenters. The van der Waals surface area contributed by atoms with Crippen molar-refractivity contribution in [3.05, 3.63) is 29.8 Å². The molecular formula is C15H27N3O4S2. The summed E-state index contributed by atoms with van der Waals surface area (Å²) in [5, 5.41) is 0. The van der Waals surface area contributed by atoms with Crippen molar-refractivity contribution in [1.29, 1.82) is 0 Å². The number of nitrogens with one attached hydrogen (secondary N) is 1. The van der Waals surface area contributed by atoms with E-state index in [4.69, 9.17) is 0 Å². The maximum atomic E-state index is 12.2. The van der Waals surface area contributed by atoms with Crippen LogP contribution in [0.15, 0.2) is 29.2 Å². The maximum absolute atomic E-state index is 12.2. The predicted octanol–water partition coefficient (Wildman–Crippen LogP) is 0.351. The summed E-state index contributed by atoms with van der Waals surface area (Å²) in [6.45, 7) is 3.00. The van der Waals surface area contributed by atoms with Crippen LogP contribution in [0, 0.1) is 0 Å². The van der Waals surface area contributed by atoms with Gasteiger partial charge in [-0.25, -0.2) is 21.6 Å². The Hall–Kier alpha value is -1.00. The van der Waals surface area contributed by atoms with Crippen LogP contribution < -0.4 is 4.72 Å². The second-order valence-corrected chi connectivity index (χ2v) is 9.61. The molecule has 0 radical (unpaired) electrons. The fourth-order valence-corrected chi connectivity index (χ4v) is 3.90. The van der Waals surface area contributed by atoms with Crippen LogP contribution in [0.3, 0.4) is 0 Å². The molecule has 1 rings (SSSR count). The summed E-state index contributed by atoms with van der Waals surface area (Å²) in [5.41, 5.74) is 1.06. The third kappa shape index (κ3) is 6.86. The van der Waals surface area contributed by atoms with Crippen molar-refractivity contribution in [3.8, 4) is 0 Å². The first-order valence-corrected chi connectivity index (χ1v) is 11.1. The molecule has 24 heavy (non-hydrogen) atoms. The average molecular weight is 378 g/mol. The lowest BCUT2D eigenvalue weighted by atomic mass is 10.2. The molecule has 0 saturated carbocycles. The molecule has 1 aromatic rings. The lowest BCUT2D eigenvalue weighted by Gasteiger charge is -2.22. The summed E-state index contributed by atoms with van der Waals surface area (Å²) in [7, 11) is -3.32. The summed E-state index contributed by atoms with van der Waals surface area (Å²) >= 11 is 0. The molecule has 1 N–H and O–H groups in total. The predicted molar refractivity (Wildman–Crippen MR) is 96.0 cm³/mol. The van der Waals surface area contributed by atoms with Crippen LogP contribution >= 0.6 is 0 Å². The first-order valence-electron chi connectivity index (χ1n) is 7.74. The van der Waals surface area contributed by atoms with E-state index in [-0.39, 0.29) is 18.0 Å². The summed E-state index contributed by atoms with van der Waals surface area (Å²) in [6, 6.07) is 6.66. The number of hydrogen-bond acceptors (Lipinski definition) is 5. The Balaban J connectivity index is 2.67. The van der Waals surface area contributed by atoms with Gasteiger partial charge in [0.05, 0.1) is 11.2 Å². The molecule has 0 aliphatic heterocycles. The highest BCUT2D eigenvalue weighted by Gasteiger charge is 2.18. The second-order valence-electron chi connectivity index (χ2n) is 5.86. The fourth-order valence-electron chi connectivity index (χ4n) is 2.05. The number of likely N-dealkylation sites (N-methyl/N-ethyl adjacent to an activating group) is 1. The lowest BCUT2D eigenvalue weighted by molar-refractivity contribution is 0.336. The van der Waals surface area contributed by atoms with Crippen molar-refractivity contribution in [3.63, 3.8) is 0 Å². The number of hydrogen-bond donors (Lipinski definition) is 1. The van der Waals surface area contributed by atoms with Crippen LogP contribution in [0.25, 0.3) is 0 Å². The largest absolute Gasteiger partial charge is 0.308 e. The molecule has 0 aliphatic rings. The van der Waals surface area contributed by atoms with E-state index in [9.17, 15) is 16.8 Å². The molecule has 0 aromatic heterocycles. The van der Waals surface area contributed by atoms with Crippen LogP contribution in [-0.4, -0.2) is 72.6 Å². The van der Waals surface area contributed by atoms with E-state index >= 15 is 0 Å². The van der Waals surface area contributed by atoms with Crippen molar-refractivity contribution in [1.82, 2.24) is 13.9 Å². The molecular weight excluding hydrogens is 350 g/mol. The number of nitrogens with zero attached hydrogens (tertiary/aromatic N) is 2. The molecule has 1 aromatic carbocycles. The van der Waals surface area contributed by atoms with E-state index in [2.05, 4.69) is 4.72 Å². The zero-order chi connectivity index (χ0) is 18.4. The molecule has 9 heteroatoms. The minimum Gasteiger partial charge on any atom is -0.308 e. The standard InChI is InChI=1S/C15H27N3O4S2/c1-5-14-6-8-15(9-7-14)24(21,22)16-10-11-18(23(4,19)20)13-12-17(2)3/h6-9,16H,5,10-13H2,1-4H3. The molecule has 0 atom stereocenters. The molecule has 0 saturated heterocycles. The Bertz CT molecular complexity index is 714. The Morgan fingerprint density at radius 1 is 0.958 bits per heavy atom. The molecule has 0 aliphatic carbocycles. The summed E-state index contributed by atoms with van der Waals surface area (Å²) in [5.74, 6) is 0. The van der Waals surface area contributed by atoms with Gasteiger partial charge in [0, 0.05) is 26.2 Å². The lowest BCUT2D eigenvalue weighted by Crippen LogP contribution is -2.41. The monoisotopic (exact) mass is 377 g/mol. The fraction of sp³-hybridized carbons (Fsp3) is 0.600. The van der Waals surface area contributed by atoms with Crippen LogP contribution in [0.4, 0.5) is 0 Å². The van der Waals surface area contributed by atoms with Crippen molar-refractivity contribution < 1.29 is 16.8 Å². The molecule has 0 fully saturated rings. The zero-order valence-corrected chi connectivity index (χ0v) is 16.3. The smallest absolute Gasteiger partial charge is 0.240 e. The number of benzene rings is 1. The maximum Gasteiger partial charge on any atom is 0.240 e. The van der Waals surface area contributed by atoms with Gasteiger partial charge in [0.1, 0.15) is 0 Å². The molecule has 0 heterocycles. The third-order valence-electron chi connectivity index (χ3n) is 3.56. The van der Waals surface area contributed by atoms with Crippen LogP contribution in [0.5, 0.6) is 0 Å². The summed E-state index contributed by atoms with van der Waals surface area (Å²) in [6.07, 6.45) is 1.96. The van der Waals surface area contributed by atoms with E-state index in [0.29, 0.717) is 13.1 Å². The van der Waals surface area contributed by atoms with Gasteiger partial charge in [-0.1, -0.05) is 19.1 Å². The summed E-state index contributed by atoms with van der Waals surface area (Å²) in [4.78, 5) is 2.05. The highest BCUT2D eigenvalue weighted by Crippen LogP contribution is 2.10. The first-order chi connectivity index (χ1) is 11.1. The number of sulfonamides is 2. The van der Waals surface area contributed by atoms with Crippen molar-refractivity contribution in [2.24, 2.45) is 0 Å². The normalized spacial score (nSPS) is 12.9. The van der Waals surface area contributed by atoms with Crippen molar-refractivity contribution >= 4 is 20.0 Å². The summed E-state index contributed by atoms with van der Waals surface area (Å²) < 4.78 is 51.8. The minimum absolute atomic E-state index is 0.0262. The molecule has 0 amide bonds. The van der Waals surface area contributed by atoms with E-state index in [1.54, 1.807) is 24.3 Å². The highest BCUT2D eigenvalue weighted by atomic mass is 32.2. The van der Waals surface area contributed by atoms with Crippen LogP contribution in [0.2, 0.25) is 0 Å². The number of aryl methyl sites for hydroxylation is 1. The topological polar surface area (TPSA) is 86.8 Å². The quantitative estimate of drug-likeness (QED) is 0.636. The first kappa shape index (κ1) is 21.0.